The van der Waals surface area contributed by atoms with E-state index in [4.69, 9.17) is 9.47 Å². The molecule has 1 saturated heterocycles. The fraction of sp³-hybridized carbons (Fsp3) is 0.243. The molecule has 8 nitrogen and oxygen atoms in total. The van der Waals surface area contributed by atoms with E-state index in [9.17, 15) is 24.6 Å². The minimum Gasteiger partial charge on any atom is -0.497 e. The quantitative estimate of drug-likeness (QED) is 0.139. The number of aliphatic hydroxyl groups is 2. The van der Waals surface area contributed by atoms with Gasteiger partial charge in [-0.15, -0.1) is 0 Å². The second kappa shape index (κ2) is 14.3. The molecule has 4 aromatic rings. The molecule has 2 N–H and O–H groups in total. The number of rotatable bonds is 12. The van der Waals surface area contributed by atoms with Crippen molar-refractivity contribution in [1.82, 2.24) is 4.90 Å². The molecule has 0 aliphatic carbocycles. The first kappa shape index (κ1) is 32.9. The van der Waals surface area contributed by atoms with Gasteiger partial charge in [0.1, 0.15) is 24.4 Å². The summed E-state index contributed by atoms with van der Waals surface area (Å²) in [5.74, 6) is -2.88. The molecule has 46 heavy (non-hydrogen) atoms. The van der Waals surface area contributed by atoms with E-state index in [-0.39, 0.29) is 12.0 Å². The summed E-state index contributed by atoms with van der Waals surface area (Å²) in [4.78, 5) is 43.4. The summed E-state index contributed by atoms with van der Waals surface area (Å²) in [6.45, 7) is -0.914. The van der Waals surface area contributed by atoms with Gasteiger partial charge < -0.3 is 24.6 Å². The topological polar surface area (TPSA) is 113 Å². The second-order valence-corrected chi connectivity index (χ2v) is 14.6. The van der Waals surface area contributed by atoms with Crippen molar-refractivity contribution in [3.8, 4) is 5.75 Å². The van der Waals surface area contributed by atoms with Gasteiger partial charge in [0.2, 0.25) is 5.91 Å². The van der Waals surface area contributed by atoms with E-state index in [0.29, 0.717) is 11.3 Å². The minimum absolute atomic E-state index is 0.0810. The van der Waals surface area contributed by atoms with Crippen LogP contribution in [0.2, 0.25) is 0 Å². The number of β-lactam (4-membered cyclic amide) rings is 1. The number of hydrogen-bond donors (Lipinski definition) is 2. The van der Waals surface area contributed by atoms with Crippen molar-refractivity contribution in [2.45, 2.75) is 32.6 Å². The molecule has 4 atom stereocenters. The standard InChI is InChI=1S/C37H38NO7P/c1-25(32(41)23-39)34-33(26(2)40)35(42)38(34)36(37(43)45-24-27-19-21-28(44-3)22-20-27)46(29-13-7-4-8-14-29,30-15-9-5-10-16-30)31-17-11-6-12-18-31/h4-22,25-26,33-34,39-40H,23-24H2,1-3H3/t25-,26+,33+,34+/m0/s1. The van der Waals surface area contributed by atoms with Crippen LogP contribution in [0.3, 0.4) is 0 Å². The van der Waals surface area contributed by atoms with Crippen LogP contribution in [0.15, 0.2) is 115 Å². The SMILES string of the molecule is COc1ccc(COC(=O)C(N2C(=O)[C@H]([C@@H](C)O)[C@H]2[C@@H](C)C(=O)CO)=P(c2ccccc2)(c2ccccc2)c2ccccc2)cc1. The first-order chi connectivity index (χ1) is 22.2. The average Bonchev–Trinajstić information content (AvgIpc) is 3.10. The van der Waals surface area contributed by atoms with Gasteiger partial charge in [0, 0.05) is 12.8 Å². The van der Waals surface area contributed by atoms with Crippen LogP contribution in [-0.4, -0.2) is 64.1 Å². The van der Waals surface area contributed by atoms with Gasteiger partial charge in [0.15, 0.2) is 5.78 Å². The van der Waals surface area contributed by atoms with Crippen molar-refractivity contribution in [3.05, 3.63) is 121 Å². The molecule has 5 rings (SSSR count). The Morgan fingerprint density at radius 1 is 0.804 bits per heavy atom. The predicted octanol–water partition coefficient (Wildman–Crippen LogP) is 3.27. The number of benzene rings is 4. The van der Waals surface area contributed by atoms with Gasteiger partial charge in [-0.25, -0.2) is 4.79 Å². The number of Topliss-reactive ketones (excluding diaryl/α,β-unsaturated/α-hetero) is 1. The zero-order valence-electron chi connectivity index (χ0n) is 26.0. The number of methoxy groups -OCH3 is 1. The summed E-state index contributed by atoms with van der Waals surface area (Å²) in [6, 6.07) is 34.9. The van der Waals surface area contributed by atoms with Gasteiger partial charge in [0.05, 0.1) is 25.2 Å². The molecule has 4 aromatic carbocycles. The number of aliphatic hydroxyl groups excluding tert-OH is 2. The Balaban J connectivity index is 1.86. The summed E-state index contributed by atoms with van der Waals surface area (Å²) in [5.41, 5.74) is 0.822. The molecule has 1 aliphatic heterocycles. The normalized spacial score (nSPS) is 17.4. The summed E-state index contributed by atoms with van der Waals surface area (Å²) < 4.78 is 11.3. The smallest absolute Gasteiger partial charge is 0.356 e. The fourth-order valence-corrected chi connectivity index (χ4v) is 10.6. The highest BCUT2D eigenvalue weighted by Gasteiger charge is 2.57. The van der Waals surface area contributed by atoms with Crippen LogP contribution >= 0.6 is 6.89 Å². The molecule has 0 spiro atoms. The Morgan fingerprint density at radius 3 is 1.70 bits per heavy atom. The number of nitrogens with zero attached hydrogens (tertiary/aromatic N) is 1. The monoisotopic (exact) mass is 639 g/mol. The maximum absolute atomic E-state index is 14.8. The summed E-state index contributed by atoms with van der Waals surface area (Å²) in [6.07, 6.45) is -1.10. The van der Waals surface area contributed by atoms with Crippen molar-refractivity contribution in [2.75, 3.05) is 13.7 Å². The van der Waals surface area contributed by atoms with E-state index in [2.05, 4.69) is 0 Å². The van der Waals surface area contributed by atoms with E-state index in [1.54, 1.807) is 38.3 Å². The highest BCUT2D eigenvalue weighted by molar-refractivity contribution is 7.96. The predicted molar refractivity (Wildman–Crippen MR) is 180 cm³/mol. The molecule has 0 bridgehead atoms. The average molecular weight is 640 g/mol. The summed E-state index contributed by atoms with van der Waals surface area (Å²) in [7, 11) is 1.57. The van der Waals surface area contributed by atoms with Gasteiger partial charge >= 0.3 is 5.97 Å². The van der Waals surface area contributed by atoms with Gasteiger partial charge in [-0.3, -0.25) is 9.59 Å². The molecular weight excluding hydrogens is 601 g/mol. The molecule has 0 radical (unpaired) electrons. The van der Waals surface area contributed by atoms with E-state index in [1.165, 1.54) is 11.8 Å². The van der Waals surface area contributed by atoms with Crippen LogP contribution in [-0.2, 0) is 25.7 Å². The third-order valence-corrected chi connectivity index (χ3v) is 12.8. The zero-order chi connectivity index (χ0) is 32.8. The lowest BCUT2D eigenvalue weighted by atomic mass is 9.75. The Labute approximate surface area is 269 Å². The van der Waals surface area contributed by atoms with Crippen molar-refractivity contribution in [2.24, 2.45) is 11.8 Å². The molecular formula is C37H38NO7P. The number of likely N-dealkylation sites (tertiary alicyclic amines) is 1. The fourth-order valence-electron chi connectivity index (χ4n) is 6.24. The van der Waals surface area contributed by atoms with Crippen LogP contribution in [0.4, 0.5) is 0 Å². The summed E-state index contributed by atoms with van der Waals surface area (Å²) >= 11 is 0. The Hall–Kier alpha value is -4.49. The van der Waals surface area contributed by atoms with Crippen LogP contribution in [0.1, 0.15) is 19.4 Å². The van der Waals surface area contributed by atoms with Crippen molar-refractivity contribution < 1.29 is 34.1 Å². The third-order valence-electron chi connectivity index (χ3n) is 8.57. The molecule has 1 fully saturated rings. The Bertz CT molecular complexity index is 1620. The largest absolute Gasteiger partial charge is 0.497 e. The number of hydrogen-bond acceptors (Lipinski definition) is 7. The van der Waals surface area contributed by atoms with Crippen LogP contribution in [0, 0.1) is 11.8 Å². The maximum Gasteiger partial charge on any atom is 0.356 e. The zero-order valence-corrected chi connectivity index (χ0v) is 26.9. The number of esters is 1. The maximum atomic E-state index is 14.8. The summed E-state index contributed by atoms with van der Waals surface area (Å²) in [5, 5.41) is 23.0. The molecule has 0 saturated carbocycles. The lowest BCUT2D eigenvalue weighted by Gasteiger charge is -2.52. The number of ether oxygens (including phenoxy) is 2. The highest BCUT2D eigenvalue weighted by atomic mass is 31.2. The van der Waals surface area contributed by atoms with E-state index in [0.717, 1.165) is 15.9 Å². The first-order valence-electron chi connectivity index (χ1n) is 15.1. The lowest BCUT2D eigenvalue weighted by molar-refractivity contribution is -0.162. The van der Waals surface area contributed by atoms with E-state index < -0.39 is 55.1 Å². The molecule has 0 aromatic heterocycles. The van der Waals surface area contributed by atoms with Crippen LogP contribution in [0.5, 0.6) is 5.75 Å². The van der Waals surface area contributed by atoms with Crippen molar-refractivity contribution in [1.29, 1.82) is 0 Å². The molecule has 9 heteroatoms. The van der Waals surface area contributed by atoms with E-state index in [1.807, 2.05) is 91.0 Å². The highest BCUT2D eigenvalue weighted by Crippen LogP contribution is 2.50. The first-order valence-corrected chi connectivity index (χ1v) is 16.9. The van der Waals surface area contributed by atoms with Gasteiger partial charge in [0.25, 0.3) is 0 Å². The van der Waals surface area contributed by atoms with Gasteiger partial charge in [-0.1, -0.05) is 110 Å². The molecule has 1 heterocycles. The molecule has 238 valence electrons. The van der Waals surface area contributed by atoms with Gasteiger partial charge in [-0.05, 0) is 40.5 Å². The van der Waals surface area contributed by atoms with Crippen LogP contribution in [0.25, 0.3) is 0 Å². The molecule has 1 aliphatic rings. The van der Waals surface area contributed by atoms with Crippen LogP contribution < -0.4 is 20.7 Å². The minimum atomic E-state index is -3.21. The number of carbonyl (C=O) groups excluding carboxylic acids is 3. The van der Waals surface area contributed by atoms with Gasteiger partial charge in [-0.2, -0.15) is 0 Å². The van der Waals surface area contributed by atoms with Crippen molar-refractivity contribution in [3.63, 3.8) is 0 Å². The number of ketones is 1. The third kappa shape index (κ3) is 6.04. The number of amides is 1. The Kier molecular flexibility index (Phi) is 10.2. The lowest BCUT2D eigenvalue weighted by Crippen LogP contribution is -2.71. The Morgan fingerprint density at radius 2 is 1.28 bits per heavy atom. The van der Waals surface area contributed by atoms with Crippen molar-refractivity contribution >= 4 is 45.9 Å². The molecule has 0 unspecified atom stereocenters. The second-order valence-electron chi connectivity index (χ2n) is 11.3. The molecule has 1 amide bonds. The van der Waals surface area contributed by atoms with E-state index >= 15 is 0 Å². The number of carbonyl (C=O) groups is 3.